The van der Waals surface area contributed by atoms with E-state index in [9.17, 15) is 4.79 Å². The van der Waals surface area contributed by atoms with E-state index in [0.717, 1.165) is 11.3 Å². The van der Waals surface area contributed by atoms with Gasteiger partial charge in [0.05, 0.1) is 13.2 Å². The summed E-state index contributed by atoms with van der Waals surface area (Å²) in [7, 11) is 0. The molecule has 5 heteroatoms. The first-order valence-electron chi connectivity index (χ1n) is 6.54. The van der Waals surface area contributed by atoms with Gasteiger partial charge in [0.1, 0.15) is 0 Å². The fraction of sp³-hybridized carbons (Fsp3) is 0.500. The number of nitrogens with two attached hydrogens (primary N) is 1. The van der Waals surface area contributed by atoms with Crippen molar-refractivity contribution < 1.29 is 14.3 Å². The van der Waals surface area contributed by atoms with E-state index in [1.807, 2.05) is 31.2 Å². The largest absolute Gasteiger partial charge is 0.346 e. The third-order valence-corrected chi connectivity index (χ3v) is 2.89. The molecule has 0 saturated carbocycles. The lowest BCUT2D eigenvalue weighted by molar-refractivity contribution is -0.116. The van der Waals surface area contributed by atoms with Crippen LogP contribution in [0.5, 0.6) is 0 Å². The monoisotopic (exact) mass is 264 g/mol. The minimum absolute atomic E-state index is 0.0253. The molecule has 1 heterocycles. The Morgan fingerprint density at radius 3 is 2.89 bits per heavy atom. The Kier molecular flexibility index (Phi) is 4.90. The second-order valence-corrected chi connectivity index (χ2v) is 4.76. The predicted molar refractivity (Wildman–Crippen MR) is 72.6 cm³/mol. The van der Waals surface area contributed by atoms with Crippen LogP contribution in [0.3, 0.4) is 0 Å². The number of anilines is 1. The van der Waals surface area contributed by atoms with E-state index in [2.05, 4.69) is 5.32 Å². The van der Waals surface area contributed by atoms with Crippen molar-refractivity contribution in [1.29, 1.82) is 0 Å². The Balaban J connectivity index is 1.93. The molecular weight excluding hydrogens is 244 g/mol. The van der Waals surface area contributed by atoms with Gasteiger partial charge in [0.25, 0.3) is 0 Å². The first kappa shape index (κ1) is 14.0. The first-order valence-corrected chi connectivity index (χ1v) is 6.54. The Morgan fingerprint density at radius 1 is 1.47 bits per heavy atom. The van der Waals surface area contributed by atoms with Gasteiger partial charge < -0.3 is 20.5 Å². The number of nitrogens with one attached hydrogen (secondary N) is 1. The van der Waals surface area contributed by atoms with Crippen LogP contribution in [-0.4, -0.2) is 25.2 Å². The number of benzene rings is 1. The molecule has 0 aliphatic carbocycles. The van der Waals surface area contributed by atoms with Gasteiger partial charge in [-0.05, 0) is 25.5 Å². The zero-order chi connectivity index (χ0) is 13.7. The Morgan fingerprint density at radius 2 is 2.21 bits per heavy atom. The highest BCUT2D eigenvalue weighted by Gasteiger charge is 2.18. The molecule has 104 valence electrons. The van der Waals surface area contributed by atoms with Crippen LogP contribution in [0, 0.1) is 0 Å². The molecule has 1 aromatic carbocycles. The second kappa shape index (κ2) is 6.65. The van der Waals surface area contributed by atoms with Crippen molar-refractivity contribution in [3.05, 3.63) is 29.8 Å². The first-order chi connectivity index (χ1) is 9.15. The van der Waals surface area contributed by atoms with Crippen LogP contribution >= 0.6 is 0 Å². The van der Waals surface area contributed by atoms with Gasteiger partial charge in [-0.1, -0.05) is 12.1 Å². The van der Waals surface area contributed by atoms with Crippen LogP contribution in [0.15, 0.2) is 24.3 Å². The highest BCUT2D eigenvalue weighted by molar-refractivity contribution is 5.90. The van der Waals surface area contributed by atoms with Crippen LogP contribution < -0.4 is 11.1 Å². The molecule has 1 unspecified atom stereocenters. The van der Waals surface area contributed by atoms with Crippen molar-refractivity contribution in [2.45, 2.75) is 32.1 Å². The van der Waals surface area contributed by atoms with Crippen molar-refractivity contribution in [2.75, 3.05) is 18.5 Å². The normalized spacial score (nSPS) is 17.4. The predicted octanol–water partition coefficient (Wildman–Crippen LogP) is 1.80. The number of rotatable bonds is 5. The number of carbonyl (C=O) groups excluding carboxylic acids is 1. The molecule has 2 rings (SSSR count). The molecule has 3 N–H and O–H groups in total. The van der Waals surface area contributed by atoms with Crippen molar-refractivity contribution in [3.8, 4) is 0 Å². The lowest BCUT2D eigenvalue weighted by atomic mass is 10.1. The molecule has 1 aliphatic heterocycles. The average molecular weight is 264 g/mol. The van der Waals surface area contributed by atoms with Crippen molar-refractivity contribution in [3.63, 3.8) is 0 Å². The van der Waals surface area contributed by atoms with Gasteiger partial charge in [-0.25, -0.2) is 0 Å². The summed E-state index contributed by atoms with van der Waals surface area (Å²) in [6, 6.07) is 7.56. The van der Waals surface area contributed by atoms with Crippen molar-refractivity contribution in [2.24, 2.45) is 5.73 Å². The molecule has 0 aromatic heterocycles. The molecule has 1 amide bonds. The average Bonchev–Trinajstić information content (AvgIpc) is 2.90. The highest BCUT2D eigenvalue weighted by atomic mass is 16.7. The van der Waals surface area contributed by atoms with Gasteiger partial charge in [0, 0.05) is 23.7 Å². The molecular formula is C14H20N2O3. The second-order valence-electron chi connectivity index (χ2n) is 4.76. The summed E-state index contributed by atoms with van der Waals surface area (Å²) in [6.07, 6.45) is 0.791. The molecule has 19 heavy (non-hydrogen) atoms. The van der Waals surface area contributed by atoms with Crippen LogP contribution in [-0.2, 0) is 14.3 Å². The number of hydrogen-bond acceptors (Lipinski definition) is 4. The Bertz CT molecular complexity index is 428. The molecule has 0 radical (unpaired) electrons. The van der Waals surface area contributed by atoms with Crippen molar-refractivity contribution >= 4 is 11.6 Å². The lowest BCUT2D eigenvalue weighted by Crippen LogP contribution is -2.19. The zero-order valence-corrected chi connectivity index (χ0v) is 11.1. The fourth-order valence-corrected chi connectivity index (χ4v) is 1.90. The number of hydrogen-bond donors (Lipinski definition) is 2. The Labute approximate surface area is 113 Å². The van der Waals surface area contributed by atoms with Gasteiger partial charge in [0.2, 0.25) is 5.91 Å². The summed E-state index contributed by atoms with van der Waals surface area (Å²) in [5.41, 5.74) is 7.30. The highest BCUT2D eigenvalue weighted by Crippen LogP contribution is 2.25. The summed E-state index contributed by atoms with van der Waals surface area (Å²) >= 11 is 0. The molecule has 1 saturated heterocycles. The van der Waals surface area contributed by atoms with Gasteiger partial charge in [-0.3, -0.25) is 4.79 Å². The third-order valence-electron chi connectivity index (χ3n) is 2.89. The van der Waals surface area contributed by atoms with E-state index in [1.54, 1.807) is 0 Å². The van der Waals surface area contributed by atoms with Crippen LogP contribution in [0.1, 0.15) is 31.6 Å². The molecule has 1 aromatic rings. The minimum Gasteiger partial charge on any atom is -0.346 e. The van der Waals surface area contributed by atoms with Gasteiger partial charge in [-0.15, -0.1) is 0 Å². The molecule has 1 fully saturated rings. The van der Waals surface area contributed by atoms with E-state index < -0.39 is 0 Å². The van der Waals surface area contributed by atoms with Crippen LogP contribution in [0.2, 0.25) is 0 Å². The molecule has 5 nitrogen and oxygen atoms in total. The third kappa shape index (κ3) is 4.31. The standard InChI is InChI=1S/C14H20N2O3/c1-10(15)5-6-13(17)16-12-4-2-3-11(9-12)14-18-7-8-19-14/h2-4,9-10,14H,5-8,15H2,1H3,(H,16,17). The Hall–Kier alpha value is -1.43. The number of ether oxygens (including phenoxy) is 2. The van der Waals surface area contributed by atoms with E-state index in [0.29, 0.717) is 26.1 Å². The van der Waals surface area contributed by atoms with E-state index in [-0.39, 0.29) is 18.2 Å². The number of amides is 1. The maximum Gasteiger partial charge on any atom is 0.224 e. The summed E-state index contributed by atoms with van der Waals surface area (Å²) in [5.74, 6) is -0.0253. The van der Waals surface area contributed by atoms with Gasteiger partial charge in [-0.2, -0.15) is 0 Å². The van der Waals surface area contributed by atoms with Crippen LogP contribution in [0.25, 0.3) is 0 Å². The maximum absolute atomic E-state index is 11.7. The zero-order valence-electron chi connectivity index (χ0n) is 11.1. The fourth-order valence-electron chi connectivity index (χ4n) is 1.90. The summed E-state index contributed by atoms with van der Waals surface area (Å²) < 4.78 is 10.9. The molecule has 1 aliphatic rings. The van der Waals surface area contributed by atoms with E-state index in [1.165, 1.54) is 0 Å². The maximum atomic E-state index is 11.7. The smallest absolute Gasteiger partial charge is 0.224 e. The molecule has 0 spiro atoms. The summed E-state index contributed by atoms with van der Waals surface area (Å²) in [5, 5.41) is 2.86. The van der Waals surface area contributed by atoms with Gasteiger partial charge >= 0.3 is 0 Å². The summed E-state index contributed by atoms with van der Waals surface area (Å²) in [6.45, 7) is 3.11. The number of carbonyl (C=O) groups is 1. The summed E-state index contributed by atoms with van der Waals surface area (Å²) in [4.78, 5) is 11.7. The SMILES string of the molecule is CC(N)CCC(=O)Nc1cccc(C2OCCO2)c1. The van der Waals surface area contributed by atoms with Crippen LogP contribution in [0.4, 0.5) is 5.69 Å². The van der Waals surface area contributed by atoms with Gasteiger partial charge in [0.15, 0.2) is 6.29 Å². The van der Waals surface area contributed by atoms with E-state index >= 15 is 0 Å². The van der Waals surface area contributed by atoms with E-state index in [4.69, 9.17) is 15.2 Å². The topological polar surface area (TPSA) is 73.6 Å². The molecule has 1 atom stereocenters. The molecule has 0 bridgehead atoms. The quantitative estimate of drug-likeness (QED) is 0.850. The minimum atomic E-state index is -0.319. The van der Waals surface area contributed by atoms with Crippen molar-refractivity contribution in [1.82, 2.24) is 0 Å². The lowest BCUT2D eigenvalue weighted by Gasteiger charge is -2.12.